The molecule has 3 heteroatoms. The van der Waals surface area contributed by atoms with Crippen molar-refractivity contribution in [2.24, 2.45) is 5.73 Å². The van der Waals surface area contributed by atoms with E-state index < -0.39 is 0 Å². The van der Waals surface area contributed by atoms with Crippen molar-refractivity contribution in [3.8, 4) is 0 Å². The van der Waals surface area contributed by atoms with Gasteiger partial charge in [0, 0.05) is 24.7 Å². The highest BCUT2D eigenvalue weighted by Gasteiger charge is 2.22. The lowest BCUT2D eigenvalue weighted by atomic mass is 10.0. The van der Waals surface area contributed by atoms with Crippen molar-refractivity contribution in [3.05, 3.63) is 0 Å². The van der Waals surface area contributed by atoms with E-state index in [9.17, 15) is 0 Å². The molecule has 0 aromatic carbocycles. The Labute approximate surface area is 88.3 Å². The smallest absolute Gasteiger partial charge is 0.0445 e. The van der Waals surface area contributed by atoms with Crippen LogP contribution >= 0.6 is 0 Å². The van der Waals surface area contributed by atoms with Crippen molar-refractivity contribution in [1.82, 2.24) is 4.90 Å². The zero-order valence-corrected chi connectivity index (χ0v) is 10.0. The highest BCUT2D eigenvalue weighted by molar-refractivity contribution is 4.77. The summed E-state index contributed by atoms with van der Waals surface area (Å²) < 4.78 is 0. The summed E-state index contributed by atoms with van der Waals surface area (Å²) in [5, 5.41) is 9.01. The van der Waals surface area contributed by atoms with E-state index in [1.54, 1.807) is 0 Å². The monoisotopic (exact) mass is 202 g/mol. The number of rotatable bonds is 7. The average molecular weight is 202 g/mol. The molecule has 0 aliphatic rings. The summed E-state index contributed by atoms with van der Waals surface area (Å²) in [6, 6.07) is 1.45. The van der Waals surface area contributed by atoms with E-state index in [0.717, 1.165) is 12.8 Å². The molecule has 0 rings (SSSR count). The van der Waals surface area contributed by atoms with Gasteiger partial charge in [-0.1, -0.05) is 0 Å². The standard InChI is InChI=1S/C11H26N2O/c1-9(2)13(10(3)4)11(5-7-12)6-8-14/h9-11,14H,5-8,12H2,1-4H3. The number of nitrogens with zero attached hydrogens (tertiary/aromatic N) is 1. The van der Waals surface area contributed by atoms with Gasteiger partial charge in [-0.3, -0.25) is 4.90 Å². The van der Waals surface area contributed by atoms with Crippen LogP contribution in [0, 0.1) is 0 Å². The molecule has 0 bridgehead atoms. The van der Waals surface area contributed by atoms with E-state index in [0.29, 0.717) is 24.7 Å². The lowest BCUT2D eigenvalue weighted by Crippen LogP contribution is -2.46. The second kappa shape index (κ2) is 7.21. The van der Waals surface area contributed by atoms with Crippen molar-refractivity contribution >= 4 is 0 Å². The fourth-order valence-electron chi connectivity index (χ4n) is 2.22. The summed E-state index contributed by atoms with van der Waals surface area (Å²) in [4.78, 5) is 2.43. The zero-order valence-electron chi connectivity index (χ0n) is 10.0. The van der Waals surface area contributed by atoms with Gasteiger partial charge in [0.2, 0.25) is 0 Å². The molecule has 1 unspecified atom stereocenters. The topological polar surface area (TPSA) is 49.5 Å². The van der Waals surface area contributed by atoms with Crippen LogP contribution in [-0.2, 0) is 0 Å². The van der Waals surface area contributed by atoms with Crippen LogP contribution in [0.5, 0.6) is 0 Å². The maximum Gasteiger partial charge on any atom is 0.0445 e. The van der Waals surface area contributed by atoms with Gasteiger partial charge in [-0.05, 0) is 47.1 Å². The largest absolute Gasteiger partial charge is 0.396 e. The molecule has 0 radical (unpaired) electrons. The SMILES string of the molecule is CC(C)N(C(C)C)C(CCN)CCO. The molecule has 3 N–H and O–H groups in total. The number of hydrogen-bond acceptors (Lipinski definition) is 3. The van der Waals surface area contributed by atoms with Gasteiger partial charge in [-0.15, -0.1) is 0 Å². The van der Waals surface area contributed by atoms with Gasteiger partial charge >= 0.3 is 0 Å². The van der Waals surface area contributed by atoms with E-state index in [4.69, 9.17) is 10.8 Å². The molecule has 86 valence electrons. The van der Waals surface area contributed by atoms with Crippen LogP contribution in [0.25, 0.3) is 0 Å². The molecule has 0 amide bonds. The van der Waals surface area contributed by atoms with Crippen LogP contribution in [0.15, 0.2) is 0 Å². The minimum atomic E-state index is 0.251. The number of hydrogen-bond donors (Lipinski definition) is 2. The molecule has 0 aromatic rings. The van der Waals surface area contributed by atoms with Gasteiger partial charge in [0.05, 0.1) is 0 Å². The highest BCUT2D eigenvalue weighted by Crippen LogP contribution is 2.15. The van der Waals surface area contributed by atoms with Gasteiger partial charge in [0.1, 0.15) is 0 Å². The van der Waals surface area contributed by atoms with Crippen molar-refractivity contribution < 1.29 is 5.11 Å². The molecule has 0 spiro atoms. The molecule has 0 saturated heterocycles. The Morgan fingerprint density at radius 1 is 1.07 bits per heavy atom. The second-order valence-corrected chi connectivity index (χ2v) is 4.38. The molecule has 0 saturated carbocycles. The molecule has 14 heavy (non-hydrogen) atoms. The Bertz CT molecular complexity index is 123. The van der Waals surface area contributed by atoms with Crippen molar-refractivity contribution in [3.63, 3.8) is 0 Å². The Morgan fingerprint density at radius 3 is 1.86 bits per heavy atom. The maximum atomic E-state index is 9.01. The van der Waals surface area contributed by atoms with Crippen LogP contribution < -0.4 is 5.73 Å². The molecule has 0 aliphatic heterocycles. The van der Waals surface area contributed by atoms with E-state index in [1.165, 1.54) is 0 Å². The number of aliphatic hydroxyl groups excluding tert-OH is 1. The van der Waals surface area contributed by atoms with E-state index in [-0.39, 0.29) is 6.61 Å². The fourth-order valence-corrected chi connectivity index (χ4v) is 2.22. The molecule has 0 fully saturated rings. The van der Waals surface area contributed by atoms with E-state index in [2.05, 4.69) is 32.6 Å². The molecule has 3 nitrogen and oxygen atoms in total. The maximum absolute atomic E-state index is 9.01. The van der Waals surface area contributed by atoms with E-state index >= 15 is 0 Å². The second-order valence-electron chi connectivity index (χ2n) is 4.38. The fraction of sp³-hybridized carbons (Fsp3) is 1.00. The summed E-state index contributed by atoms with van der Waals surface area (Å²) in [6.45, 7) is 9.73. The van der Waals surface area contributed by atoms with Crippen LogP contribution in [0.2, 0.25) is 0 Å². The van der Waals surface area contributed by atoms with Crippen molar-refractivity contribution in [2.45, 2.75) is 58.7 Å². The molecular weight excluding hydrogens is 176 g/mol. The quantitative estimate of drug-likeness (QED) is 0.652. The first kappa shape index (κ1) is 13.9. The number of nitrogens with two attached hydrogens (primary N) is 1. The number of aliphatic hydroxyl groups is 1. The molecule has 0 aliphatic carbocycles. The van der Waals surface area contributed by atoms with Gasteiger partial charge < -0.3 is 10.8 Å². The van der Waals surface area contributed by atoms with Crippen LogP contribution in [0.1, 0.15) is 40.5 Å². The van der Waals surface area contributed by atoms with Gasteiger partial charge in [0.25, 0.3) is 0 Å². The summed E-state index contributed by atoms with van der Waals surface area (Å²) in [5.74, 6) is 0. The Kier molecular flexibility index (Phi) is 7.15. The van der Waals surface area contributed by atoms with Crippen molar-refractivity contribution in [2.75, 3.05) is 13.2 Å². The minimum absolute atomic E-state index is 0.251. The Balaban J connectivity index is 4.37. The lowest BCUT2D eigenvalue weighted by molar-refractivity contribution is 0.0873. The third kappa shape index (κ3) is 4.40. The van der Waals surface area contributed by atoms with Crippen LogP contribution in [0.3, 0.4) is 0 Å². The molecule has 0 heterocycles. The van der Waals surface area contributed by atoms with E-state index in [1.807, 2.05) is 0 Å². The predicted molar refractivity (Wildman–Crippen MR) is 61.3 cm³/mol. The predicted octanol–water partition coefficient (Wildman–Crippen LogP) is 1.20. The van der Waals surface area contributed by atoms with Crippen molar-refractivity contribution in [1.29, 1.82) is 0 Å². The third-order valence-electron chi connectivity index (χ3n) is 2.58. The zero-order chi connectivity index (χ0) is 11.1. The summed E-state index contributed by atoms with van der Waals surface area (Å²) in [7, 11) is 0. The average Bonchev–Trinajstić information content (AvgIpc) is 2.03. The summed E-state index contributed by atoms with van der Waals surface area (Å²) in [5.41, 5.74) is 5.59. The Hall–Kier alpha value is -0.120. The normalized spacial score (nSPS) is 14.4. The Morgan fingerprint density at radius 2 is 1.57 bits per heavy atom. The van der Waals surface area contributed by atoms with Crippen LogP contribution in [0.4, 0.5) is 0 Å². The third-order valence-corrected chi connectivity index (χ3v) is 2.58. The first-order valence-corrected chi connectivity index (χ1v) is 5.62. The molecule has 1 atom stereocenters. The molecule has 0 aromatic heterocycles. The summed E-state index contributed by atoms with van der Waals surface area (Å²) in [6.07, 6.45) is 1.80. The highest BCUT2D eigenvalue weighted by atomic mass is 16.3. The van der Waals surface area contributed by atoms with Crippen LogP contribution in [-0.4, -0.2) is 41.3 Å². The first-order chi connectivity index (χ1) is 6.54. The van der Waals surface area contributed by atoms with Gasteiger partial charge in [-0.2, -0.15) is 0 Å². The minimum Gasteiger partial charge on any atom is -0.396 e. The lowest BCUT2D eigenvalue weighted by Gasteiger charge is -2.38. The summed E-state index contributed by atoms with van der Waals surface area (Å²) >= 11 is 0. The van der Waals surface area contributed by atoms with Gasteiger partial charge in [0.15, 0.2) is 0 Å². The first-order valence-electron chi connectivity index (χ1n) is 5.62. The van der Waals surface area contributed by atoms with Gasteiger partial charge in [-0.25, -0.2) is 0 Å². The molecular formula is C11H26N2O.